The van der Waals surface area contributed by atoms with Crippen LogP contribution in [0.2, 0.25) is 0 Å². The van der Waals surface area contributed by atoms with Crippen molar-refractivity contribution in [2.24, 2.45) is 0 Å². The predicted octanol–water partition coefficient (Wildman–Crippen LogP) is 10.9. The Balaban J connectivity index is 1.04. The van der Waals surface area contributed by atoms with Gasteiger partial charge in [-0.05, 0) is 39.8 Å². The van der Waals surface area contributed by atoms with Gasteiger partial charge in [0.1, 0.15) is 0 Å². The van der Waals surface area contributed by atoms with Gasteiger partial charge in [-0.25, -0.2) is 0 Å². The van der Waals surface area contributed by atoms with E-state index in [1.165, 1.54) is 33.4 Å². The minimum atomic E-state index is 0.902. The van der Waals surface area contributed by atoms with Gasteiger partial charge >= 0.3 is 0 Å². The minimum Gasteiger partial charge on any atom is -0.366 e. The third-order valence-electron chi connectivity index (χ3n) is 6.36. The largest absolute Gasteiger partial charge is 0.366 e. The Kier molecular flexibility index (Phi) is 13.2. The summed E-state index contributed by atoms with van der Waals surface area (Å²) >= 11 is 0. The van der Waals surface area contributed by atoms with E-state index in [2.05, 4.69) is 82.9 Å². The highest BCUT2D eigenvalue weighted by Crippen LogP contribution is 2.20. The lowest BCUT2D eigenvalue weighted by molar-refractivity contribution is 1.37. The average molecular weight is 559 g/mol. The van der Waals surface area contributed by atoms with Crippen molar-refractivity contribution in [3.05, 3.63) is 216 Å². The van der Waals surface area contributed by atoms with Crippen LogP contribution < -0.4 is 0 Å². The van der Waals surface area contributed by atoms with Crippen molar-refractivity contribution in [3.63, 3.8) is 0 Å². The molecule has 2 nitrogen and oxygen atoms in total. The molecule has 2 aliphatic carbocycles. The van der Waals surface area contributed by atoms with Gasteiger partial charge < -0.3 is 9.97 Å². The third kappa shape index (κ3) is 11.8. The summed E-state index contributed by atoms with van der Waals surface area (Å²) in [6.45, 7) is 0. The number of hydrogen-bond donors (Lipinski definition) is 2. The molecule has 0 radical (unpaired) electrons. The second-order valence-electron chi connectivity index (χ2n) is 9.56. The van der Waals surface area contributed by atoms with Crippen molar-refractivity contribution in [2.75, 3.05) is 0 Å². The first-order chi connectivity index (χ1) is 21.4. The predicted molar refractivity (Wildman–Crippen MR) is 190 cm³/mol. The molecule has 2 N–H and O–H groups in total. The smallest absolute Gasteiger partial charge is 0.00843 e. The molecule has 0 unspecified atom stereocenters. The standard InChI is InChI=1S/C41H38N2/c1(2-4-6-8-10-12-14-16-18-20-22-36-24-28-38-32-42-33-39(38)29-25-36)3-5-7-9-11-13-15-17-19-21-23-37-26-30-40-34-43-35-41(40)31-27-37/h1-20,22-35,42-43H,21H2/b3-1+,4-2+,7-5+,8-6+,11-9+,12-10+,15-13+,16-14+,19-17+,20-18+. The molecule has 0 atom stereocenters. The van der Waals surface area contributed by atoms with E-state index in [9.17, 15) is 0 Å². The third-order valence-corrected chi connectivity index (χ3v) is 6.36. The highest BCUT2D eigenvalue weighted by molar-refractivity contribution is 5.72. The van der Waals surface area contributed by atoms with Crippen LogP contribution in [0, 0.1) is 0 Å². The van der Waals surface area contributed by atoms with Gasteiger partial charge in [-0.1, -0.05) is 182 Å². The minimum absolute atomic E-state index is 0.902. The molecular weight excluding hydrogens is 520 g/mol. The lowest BCUT2D eigenvalue weighted by Crippen LogP contribution is -1.69. The van der Waals surface area contributed by atoms with E-state index in [4.69, 9.17) is 0 Å². The molecule has 0 fully saturated rings. The van der Waals surface area contributed by atoms with E-state index in [1.54, 1.807) is 0 Å². The molecule has 0 spiro atoms. The zero-order valence-corrected chi connectivity index (χ0v) is 24.3. The normalized spacial score (nSPS) is 15.5. The van der Waals surface area contributed by atoms with Crippen LogP contribution in [-0.4, -0.2) is 9.97 Å². The van der Waals surface area contributed by atoms with Crippen LogP contribution in [0.25, 0.3) is 24.3 Å². The first kappa shape index (κ1) is 30.4. The Hall–Kier alpha value is -5.60. The summed E-state index contributed by atoms with van der Waals surface area (Å²) in [7, 11) is 0. The molecule has 0 aromatic carbocycles. The van der Waals surface area contributed by atoms with Gasteiger partial charge in [0, 0.05) is 24.8 Å². The van der Waals surface area contributed by atoms with Gasteiger partial charge in [0.25, 0.3) is 0 Å². The first-order valence-corrected chi connectivity index (χ1v) is 14.5. The summed E-state index contributed by atoms with van der Waals surface area (Å²) < 4.78 is 0. The van der Waals surface area contributed by atoms with E-state index in [1.807, 2.05) is 134 Å². The van der Waals surface area contributed by atoms with Crippen LogP contribution in [0.4, 0.5) is 0 Å². The van der Waals surface area contributed by atoms with Gasteiger partial charge in [-0.3, -0.25) is 0 Å². The van der Waals surface area contributed by atoms with E-state index in [0.29, 0.717) is 0 Å². The Morgan fingerprint density at radius 1 is 0.349 bits per heavy atom. The number of fused-ring (bicyclic) bond motifs is 2. The molecular formula is C41H38N2. The number of aromatic nitrogens is 2. The van der Waals surface area contributed by atoms with Crippen molar-refractivity contribution in [3.8, 4) is 0 Å². The number of nitrogens with one attached hydrogen (secondary N) is 2. The molecule has 0 amide bonds. The van der Waals surface area contributed by atoms with E-state index < -0.39 is 0 Å². The van der Waals surface area contributed by atoms with Crippen LogP contribution in [-0.2, 0) is 0 Å². The van der Waals surface area contributed by atoms with Gasteiger partial charge in [-0.15, -0.1) is 0 Å². The summed E-state index contributed by atoms with van der Waals surface area (Å²) in [4.78, 5) is 6.26. The molecule has 212 valence electrons. The van der Waals surface area contributed by atoms with Crippen LogP contribution in [0.1, 0.15) is 28.7 Å². The van der Waals surface area contributed by atoms with Crippen molar-refractivity contribution >= 4 is 24.3 Å². The average Bonchev–Trinajstić information content (AvgIpc) is 3.58. The molecule has 2 aromatic heterocycles. The quantitative estimate of drug-likeness (QED) is 0.243. The lowest BCUT2D eigenvalue weighted by Gasteiger charge is -1.90. The molecule has 4 rings (SSSR count). The summed E-state index contributed by atoms with van der Waals surface area (Å²) in [5.74, 6) is 0. The lowest BCUT2D eigenvalue weighted by atomic mass is 10.2. The van der Waals surface area contributed by atoms with Crippen LogP contribution in [0.3, 0.4) is 0 Å². The highest BCUT2D eigenvalue weighted by Gasteiger charge is 2.01. The van der Waals surface area contributed by atoms with Crippen molar-refractivity contribution in [1.29, 1.82) is 0 Å². The number of rotatable bonds is 12. The van der Waals surface area contributed by atoms with E-state index >= 15 is 0 Å². The monoisotopic (exact) mass is 558 g/mol. The highest BCUT2D eigenvalue weighted by atomic mass is 14.6. The molecule has 0 aliphatic heterocycles. The first-order valence-electron chi connectivity index (χ1n) is 14.5. The Morgan fingerprint density at radius 3 is 1.07 bits per heavy atom. The SMILES string of the molecule is C1=Cc2c[nH]cc2C=CC1=C/C=C/C=C/C=C/C=C/C=C/C=C/C=C/C=C/C=C/C=C/CC=C1C=Cc2c[nH]cc2C=C1. The Labute approximate surface area is 256 Å². The number of aromatic amines is 2. The number of allylic oxidation sites excluding steroid dienone is 28. The number of hydrogen-bond acceptors (Lipinski definition) is 0. The van der Waals surface area contributed by atoms with Crippen LogP contribution >= 0.6 is 0 Å². The van der Waals surface area contributed by atoms with Crippen molar-refractivity contribution in [2.45, 2.75) is 6.42 Å². The van der Waals surface area contributed by atoms with Gasteiger partial charge in [-0.2, -0.15) is 0 Å². The zero-order valence-electron chi connectivity index (χ0n) is 24.3. The summed E-state index contributed by atoms with van der Waals surface area (Å²) in [5, 5.41) is 0. The van der Waals surface area contributed by atoms with Crippen molar-refractivity contribution in [1.82, 2.24) is 9.97 Å². The second-order valence-corrected chi connectivity index (χ2v) is 9.56. The van der Waals surface area contributed by atoms with Crippen LogP contribution in [0.5, 0.6) is 0 Å². The maximum Gasteiger partial charge on any atom is 0.00843 e. The fourth-order valence-electron chi connectivity index (χ4n) is 4.07. The van der Waals surface area contributed by atoms with E-state index in [-0.39, 0.29) is 0 Å². The van der Waals surface area contributed by atoms with Gasteiger partial charge in [0.15, 0.2) is 0 Å². The molecule has 0 saturated heterocycles. The number of H-pyrrole nitrogens is 2. The Bertz CT molecular complexity index is 1600. The maximum atomic E-state index is 3.13. The van der Waals surface area contributed by atoms with Gasteiger partial charge in [0.2, 0.25) is 0 Å². The fraction of sp³-hybridized carbons (Fsp3) is 0.0244. The van der Waals surface area contributed by atoms with Crippen LogP contribution in [0.15, 0.2) is 194 Å². The molecule has 2 heterocycles. The molecule has 2 aromatic rings. The van der Waals surface area contributed by atoms with Gasteiger partial charge in [0.05, 0.1) is 0 Å². The fourth-order valence-corrected chi connectivity index (χ4v) is 4.07. The summed E-state index contributed by atoms with van der Waals surface area (Å²) in [5.41, 5.74) is 7.27. The molecule has 0 bridgehead atoms. The molecule has 43 heavy (non-hydrogen) atoms. The molecule has 0 saturated carbocycles. The zero-order chi connectivity index (χ0) is 29.6. The summed E-state index contributed by atoms with van der Waals surface area (Å²) in [6, 6.07) is 0. The second kappa shape index (κ2) is 18.7. The Morgan fingerprint density at radius 2 is 0.674 bits per heavy atom. The van der Waals surface area contributed by atoms with E-state index in [0.717, 1.165) is 6.42 Å². The molecule has 2 heteroatoms. The molecule has 2 aliphatic rings. The topological polar surface area (TPSA) is 31.6 Å². The van der Waals surface area contributed by atoms with Crippen molar-refractivity contribution < 1.29 is 0 Å². The summed E-state index contributed by atoms with van der Waals surface area (Å²) in [6.07, 6.45) is 71.0. The maximum absolute atomic E-state index is 3.13.